The number of amides is 1. The maximum Gasteiger partial charge on any atom is 0.249 e. The third-order valence-electron chi connectivity index (χ3n) is 5.77. The fourth-order valence-electron chi connectivity index (χ4n) is 4.31. The van der Waals surface area contributed by atoms with Gasteiger partial charge in [0.25, 0.3) is 0 Å². The van der Waals surface area contributed by atoms with Crippen molar-refractivity contribution in [1.82, 2.24) is 4.90 Å². The topological polar surface area (TPSA) is 51.1 Å². The lowest BCUT2D eigenvalue weighted by molar-refractivity contribution is -0.117. The minimum Gasteiger partial charge on any atom is -0.493 e. The first-order valence-electron chi connectivity index (χ1n) is 10.8. The van der Waals surface area contributed by atoms with Gasteiger partial charge in [0.2, 0.25) is 5.91 Å². The summed E-state index contributed by atoms with van der Waals surface area (Å²) in [6, 6.07) is 6.13. The van der Waals surface area contributed by atoms with Gasteiger partial charge >= 0.3 is 0 Å². The molecule has 1 unspecified atom stereocenters. The Morgan fingerprint density at radius 2 is 2.17 bits per heavy atom. The van der Waals surface area contributed by atoms with E-state index in [9.17, 15) is 9.18 Å². The Kier molecular flexibility index (Phi) is 7.07. The van der Waals surface area contributed by atoms with E-state index >= 15 is 0 Å². The Hall–Kier alpha value is -2.31. The van der Waals surface area contributed by atoms with Crippen molar-refractivity contribution in [3.8, 4) is 0 Å². The second kappa shape index (κ2) is 10.1. The lowest BCUT2D eigenvalue weighted by Gasteiger charge is -2.29. The SMILES string of the molecule is O=C(Cc1cccc(F)c1)/N=C/[C@@H](CC1=CCC2OCCOC2=C1)CN1CCCC1. The van der Waals surface area contributed by atoms with Crippen molar-refractivity contribution >= 4 is 12.1 Å². The van der Waals surface area contributed by atoms with Gasteiger partial charge in [0.15, 0.2) is 0 Å². The highest BCUT2D eigenvalue weighted by molar-refractivity contribution is 5.87. The van der Waals surface area contributed by atoms with E-state index in [0.717, 1.165) is 38.2 Å². The number of carbonyl (C=O) groups excluding carboxylic acids is 1. The summed E-state index contributed by atoms with van der Waals surface area (Å²) >= 11 is 0. The molecule has 6 heteroatoms. The van der Waals surface area contributed by atoms with Crippen molar-refractivity contribution in [2.24, 2.45) is 10.9 Å². The standard InChI is InChI=1S/C24H29FN2O3/c25-21-5-3-4-18(13-21)15-24(28)26-16-20(17-27-8-1-2-9-27)12-19-6-7-22-23(14-19)30-11-10-29-22/h3-6,13-14,16,20,22H,1-2,7-12,15,17H2/b26-16+/t20-,22?/m1/s1. The van der Waals surface area contributed by atoms with Crippen LogP contribution in [-0.2, 0) is 20.7 Å². The van der Waals surface area contributed by atoms with Crippen molar-refractivity contribution in [2.75, 3.05) is 32.8 Å². The van der Waals surface area contributed by atoms with Crippen LogP contribution in [0.15, 0.2) is 52.7 Å². The highest BCUT2D eigenvalue weighted by Gasteiger charge is 2.25. The van der Waals surface area contributed by atoms with E-state index in [2.05, 4.69) is 22.0 Å². The molecule has 3 aliphatic rings. The quantitative estimate of drug-likeness (QED) is 0.641. The molecule has 30 heavy (non-hydrogen) atoms. The molecule has 1 amide bonds. The number of allylic oxidation sites excluding steroid dienone is 2. The summed E-state index contributed by atoms with van der Waals surface area (Å²) in [6.45, 7) is 4.32. The van der Waals surface area contributed by atoms with Crippen LogP contribution in [0.4, 0.5) is 4.39 Å². The summed E-state index contributed by atoms with van der Waals surface area (Å²) < 4.78 is 24.9. The molecule has 1 aromatic carbocycles. The Morgan fingerprint density at radius 1 is 1.30 bits per heavy atom. The highest BCUT2D eigenvalue weighted by atomic mass is 19.1. The number of halogens is 1. The zero-order chi connectivity index (χ0) is 20.8. The van der Waals surface area contributed by atoms with E-state index in [1.54, 1.807) is 18.3 Å². The molecule has 5 nitrogen and oxygen atoms in total. The van der Waals surface area contributed by atoms with E-state index < -0.39 is 0 Å². The number of fused-ring (bicyclic) bond motifs is 1. The Balaban J connectivity index is 1.40. The van der Waals surface area contributed by atoms with Gasteiger partial charge in [0.1, 0.15) is 24.3 Å². The molecule has 0 aromatic heterocycles. The van der Waals surface area contributed by atoms with Crippen LogP contribution in [-0.4, -0.2) is 56.0 Å². The van der Waals surface area contributed by atoms with E-state index in [1.807, 2.05) is 0 Å². The molecule has 4 rings (SSSR count). The van der Waals surface area contributed by atoms with Crippen molar-refractivity contribution in [3.63, 3.8) is 0 Å². The maximum absolute atomic E-state index is 13.4. The van der Waals surface area contributed by atoms with Crippen molar-refractivity contribution in [2.45, 2.75) is 38.2 Å². The van der Waals surface area contributed by atoms with Gasteiger partial charge in [-0.05, 0) is 68.1 Å². The second-order valence-corrected chi connectivity index (χ2v) is 8.22. The minimum absolute atomic E-state index is 0.0426. The van der Waals surface area contributed by atoms with E-state index in [-0.39, 0.29) is 30.2 Å². The first-order valence-corrected chi connectivity index (χ1v) is 10.8. The highest BCUT2D eigenvalue weighted by Crippen LogP contribution is 2.28. The van der Waals surface area contributed by atoms with Gasteiger partial charge in [0.05, 0.1) is 13.0 Å². The minimum atomic E-state index is -0.333. The van der Waals surface area contributed by atoms with E-state index in [4.69, 9.17) is 9.47 Å². The van der Waals surface area contributed by atoms with Gasteiger partial charge in [0, 0.05) is 18.7 Å². The van der Waals surface area contributed by atoms with Crippen LogP contribution in [0.25, 0.3) is 0 Å². The molecule has 2 fully saturated rings. The van der Waals surface area contributed by atoms with Crippen LogP contribution in [0.2, 0.25) is 0 Å². The van der Waals surface area contributed by atoms with Crippen LogP contribution in [0, 0.1) is 11.7 Å². The average Bonchev–Trinajstić information content (AvgIpc) is 3.25. The molecular weight excluding hydrogens is 383 g/mol. The number of rotatable bonds is 7. The number of aliphatic imine (C=N–C) groups is 1. The summed E-state index contributed by atoms with van der Waals surface area (Å²) in [6.07, 6.45) is 10.3. The monoisotopic (exact) mass is 412 g/mol. The number of ether oxygens (including phenoxy) is 2. The van der Waals surface area contributed by atoms with E-state index in [0.29, 0.717) is 18.8 Å². The maximum atomic E-state index is 13.4. The summed E-state index contributed by atoms with van der Waals surface area (Å²) in [5.41, 5.74) is 1.86. The van der Waals surface area contributed by atoms with E-state index in [1.165, 1.54) is 30.5 Å². The molecule has 2 heterocycles. The smallest absolute Gasteiger partial charge is 0.249 e. The van der Waals surface area contributed by atoms with Gasteiger partial charge in [-0.15, -0.1) is 0 Å². The third-order valence-corrected chi connectivity index (χ3v) is 5.77. The van der Waals surface area contributed by atoms with Crippen LogP contribution < -0.4 is 0 Å². The summed E-state index contributed by atoms with van der Waals surface area (Å²) in [4.78, 5) is 19.0. The third kappa shape index (κ3) is 5.86. The molecule has 2 saturated heterocycles. The van der Waals surface area contributed by atoms with Crippen molar-refractivity contribution < 1.29 is 18.7 Å². The van der Waals surface area contributed by atoms with Gasteiger partial charge in [-0.3, -0.25) is 4.79 Å². The zero-order valence-electron chi connectivity index (χ0n) is 17.3. The summed E-state index contributed by atoms with van der Waals surface area (Å²) in [5, 5.41) is 0. The van der Waals surface area contributed by atoms with Crippen LogP contribution in [0.3, 0.4) is 0 Å². The lowest BCUT2D eigenvalue weighted by Crippen LogP contribution is -2.30. The first-order chi connectivity index (χ1) is 14.7. The van der Waals surface area contributed by atoms with Crippen molar-refractivity contribution in [3.05, 3.63) is 59.1 Å². The molecule has 0 bridgehead atoms. The van der Waals surface area contributed by atoms with Gasteiger partial charge in [-0.25, -0.2) is 9.38 Å². The number of benzene rings is 1. The normalized spacial score (nSPS) is 22.9. The predicted molar refractivity (Wildman–Crippen MR) is 114 cm³/mol. The Morgan fingerprint density at radius 3 is 3.00 bits per heavy atom. The zero-order valence-corrected chi connectivity index (χ0v) is 17.3. The first kappa shape index (κ1) is 20.9. The Bertz CT molecular complexity index is 843. The van der Waals surface area contributed by atoms with Crippen LogP contribution >= 0.6 is 0 Å². The fraction of sp³-hybridized carbons (Fsp3) is 0.500. The van der Waals surface area contributed by atoms with Crippen molar-refractivity contribution in [1.29, 1.82) is 0 Å². The Labute approximate surface area is 177 Å². The fourth-order valence-corrected chi connectivity index (χ4v) is 4.31. The molecule has 1 aromatic rings. The molecule has 160 valence electrons. The number of likely N-dealkylation sites (tertiary alicyclic amines) is 1. The lowest BCUT2D eigenvalue weighted by atomic mass is 9.93. The molecular formula is C24H29FN2O3. The largest absolute Gasteiger partial charge is 0.493 e. The molecule has 0 radical (unpaired) electrons. The number of hydrogen-bond acceptors (Lipinski definition) is 4. The molecule has 0 saturated carbocycles. The number of hydrogen-bond donors (Lipinski definition) is 0. The predicted octanol–water partition coefficient (Wildman–Crippen LogP) is 3.70. The van der Waals surface area contributed by atoms with Gasteiger partial charge < -0.3 is 14.4 Å². The summed E-state index contributed by atoms with van der Waals surface area (Å²) in [5.74, 6) is 0.481. The van der Waals surface area contributed by atoms with Gasteiger partial charge in [-0.1, -0.05) is 18.2 Å². The second-order valence-electron chi connectivity index (χ2n) is 8.22. The van der Waals surface area contributed by atoms with Gasteiger partial charge in [-0.2, -0.15) is 0 Å². The van der Waals surface area contributed by atoms with Crippen LogP contribution in [0.1, 0.15) is 31.2 Å². The summed E-state index contributed by atoms with van der Waals surface area (Å²) in [7, 11) is 0. The average molecular weight is 413 g/mol. The molecule has 0 N–H and O–H groups in total. The molecule has 0 spiro atoms. The molecule has 2 aliphatic heterocycles. The molecule has 2 atom stereocenters. The number of nitrogens with zero attached hydrogens (tertiary/aromatic N) is 2. The number of carbonyl (C=O) groups is 1. The van der Waals surface area contributed by atoms with Crippen LogP contribution in [0.5, 0.6) is 0 Å². The molecule has 1 aliphatic carbocycles.